The monoisotopic (exact) mass is 504 g/mol. The average Bonchev–Trinajstić information content (AvgIpc) is 2.76. The molecule has 1 aromatic carbocycles. The lowest BCUT2D eigenvalue weighted by atomic mass is 9.77. The summed E-state index contributed by atoms with van der Waals surface area (Å²) in [4.78, 5) is 13.5. The summed E-state index contributed by atoms with van der Waals surface area (Å²) in [5.74, 6) is 1.31. The molecule has 0 aliphatic heterocycles. The minimum atomic E-state index is -2.13. The number of benzene rings is 1. The van der Waals surface area contributed by atoms with E-state index in [-0.39, 0.29) is 35.1 Å². The third kappa shape index (κ3) is 8.01. The zero-order valence-electron chi connectivity index (χ0n) is 23.6. The molecule has 0 radical (unpaired) electrons. The largest absolute Gasteiger partial charge is 0.497 e. The Hall–Kier alpha value is -1.47. The molecular weight excluding hydrogens is 456 g/mol. The molecule has 0 amide bonds. The van der Waals surface area contributed by atoms with Crippen molar-refractivity contribution < 1.29 is 23.4 Å². The molecule has 1 fully saturated rings. The fraction of sp³-hybridized carbons (Fsp3) is 0.690. The van der Waals surface area contributed by atoms with Crippen LogP contribution in [0.1, 0.15) is 66.4 Å². The van der Waals surface area contributed by atoms with Gasteiger partial charge < -0.3 is 18.6 Å². The summed E-state index contributed by atoms with van der Waals surface area (Å²) in [6.45, 7) is 18.0. The molecule has 198 valence electrons. The summed E-state index contributed by atoms with van der Waals surface area (Å²) < 4.78 is 24.6. The number of carbonyl (C=O) groups is 1. The number of allylic oxidation sites excluding steroid dienone is 1. The lowest BCUT2D eigenvalue weighted by Crippen LogP contribution is -2.58. The molecule has 0 unspecified atom stereocenters. The van der Waals surface area contributed by atoms with E-state index in [0.717, 1.165) is 29.7 Å². The van der Waals surface area contributed by atoms with Gasteiger partial charge in [-0.2, -0.15) is 0 Å². The molecule has 0 saturated heterocycles. The molecule has 6 heteroatoms. The lowest BCUT2D eigenvalue weighted by molar-refractivity contribution is -0.163. The molecule has 35 heavy (non-hydrogen) atoms. The van der Waals surface area contributed by atoms with E-state index in [1.807, 2.05) is 24.3 Å². The van der Waals surface area contributed by atoms with E-state index in [4.69, 9.17) is 18.6 Å². The molecule has 2 rings (SSSR count). The van der Waals surface area contributed by atoms with Crippen LogP contribution < -0.4 is 4.74 Å². The van der Waals surface area contributed by atoms with Crippen molar-refractivity contribution in [1.82, 2.24) is 0 Å². The number of rotatable bonds is 11. The molecule has 4 atom stereocenters. The van der Waals surface area contributed by atoms with E-state index < -0.39 is 8.32 Å². The summed E-state index contributed by atoms with van der Waals surface area (Å²) in [5.41, 5.74) is 2.12. The first-order valence-corrected chi connectivity index (χ1v) is 15.9. The molecule has 0 bridgehead atoms. The standard InChI is InChI=1S/C29H48O5Si/c1-20(2)12-11-13-21(3)26-24(30)18-25(34-35(9,10)29(4,5)6)27(28(26)32-8)33-19-22-14-16-23(31-7)17-15-22/h13-17,20,25-28H,11-12,18-19H2,1-10H3/b21-13+/t25-,26+,27+,28-/m0/s1. The van der Waals surface area contributed by atoms with Gasteiger partial charge in [-0.1, -0.05) is 58.4 Å². The van der Waals surface area contributed by atoms with Gasteiger partial charge in [-0.25, -0.2) is 0 Å². The number of Topliss-reactive ketones (excluding diaryl/α,β-unsaturated/α-hetero) is 1. The predicted octanol–water partition coefficient (Wildman–Crippen LogP) is 6.96. The van der Waals surface area contributed by atoms with Crippen LogP contribution in [0.25, 0.3) is 0 Å². The van der Waals surface area contributed by atoms with Crippen molar-refractivity contribution >= 4 is 14.1 Å². The summed E-state index contributed by atoms with van der Waals surface area (Å²) in [7, 11) is 1.22. The van der Waals surface area contributed by atoms with Gasteiger partial charge in [0.15, 0.2) is 8.32 Å². The Morgan fingerprint density at radius 3 is 2.26 bits per heavy atom. The van der Waals surface area contributed by atoms with E-state index >= 15 is 0 Å². The van der Waals surface area contributed by atoms with Crippen LogP contribution in [0, 0.1) is 11.8 Å². The molecular formula is C29H48O5Si. The van der Waals surface area contributed by atoms with E-state index in [1.165, 1.54) is 0 Å². The molecule has 1 aliphatic carbocycles. The van der Waals surface area contributed by atoms with E-state index in [2.05, 4.69) is 60.7 Å². The van der Waals surface area contributed by atoms with Crippen LogP contribution in [0.15, 0.2) is 35.9 Å². The molecule has 5 nitrogen and oxygen atoms in total. The zero-order valence-corrected chi connectivity index (χ0v) is 24.6. The summed E-state index contributed by atoms with van der Waals surface area (Å²) in [6.07, 6.45) is 3.57. The van der Waals surface area contributed by atoms with Crippen molar-refractivity contribution in [3.8, 4) is 5.75 Å². The molecule has 1 saturated carbocycles. The number of carbonyl (C=O) groups excluding carboxylic acids is 1. The Bertz CT molecular complexity index is 838. The third-order valence-electron chi connectivity index (χ3n) is 7.59. The van der Waals surface area contributed by atoms with Crippen molar-refractivity contribution in [3.63, 3.8) is 0 Å². The van der Waals surface area contributed by atoms with Crippen molar-refractivity contribution in [3.05, 3.63) is 41.5 Å². The van der Waals surface area contributed by atoms with Crippen LogP contribution in [0.5, 0.6) is 5.75 Å². The highest BCUT2D eigenvalue weighted by molar-refractivity contribution is 6.74. The quantitative estimate of drug-likeness (QED) is 0.241. The molecule has 1 aromatic rings. The van der Waals surface area contributed by atoms with Gasteiger partial charge in [0.25, 0.3) is 0 Å². The lowest BCUT2D eigenvalue weighted by Gasteiger charge is -2.46. The number of hydrogen-bond acceptors (Lipinski definition) is 5. The van der Waals surface area contributed by atoms with Crippen LogP contribution >= 0.6 is 0 Å². The highest BCUT2D eigenvalue weighted by Gasteiger charge is 2.50. The average molecular weight is 505 g/mol. The van der Waals surface area contributed by atoms with Crippen molar-refractivity contribution in [1.29, 1.82) is 0 Å². The fourth-order valence-electron chi connectivity index (χ4n) is 4.36. The first-order chi connectivity index (χ1) is 16.3. The maximum Gasteiger partial charge on any atom is 0.192 e. The first kappa shape index (κ1) is 29.8. The fourth-order valence-corrected chi connectivity index (χ4v) is 5.69. The van der Waals surface area contributed by atoms with Crippen molar-refractivity contribution in [2.75, 3.05) is 14.2 Å². The van der Waals surface area contributed by atoms with Crippen LogP contribution in [-0.4, -0.2) is 46.6 Å². The highest BCUT2D eigenvalue weighted by atomic mass is 28.4. The molecule has 0 aromatic heterocycles. The van der Waals surface area contributed by atoms with Gasteiger partial charge in [0.05, 0.1) is 31.8 Å². The van der Waals surface area contributed by atoms with E-state index in [1.54, 1.807) is 14.2 Å². The summed E-state index contributed by atoms with van der Waals surface area (Å²) in [5, 5.41) is 0.0304. The SMILES string of the molecule is COc1ccc(CO[C@H]2[C@@H](OC)[C@H](/C(C)=C/CCC(C)C)C(=O)C[C@@H]2O[Si](C)(C)C(C)(C)C)cc1. The second-order valence-corrected chi connectivity index (χ2v) is 16.6. The first-order valence-electron chi connectivity index (χ1n) is 12.9. The second-order valence-electron chi connectivity index (χ2n) is 11.8. The van der Waals surface area contributed by atoms with Crippen LogP contribution in [0.3, 0.4) is 0 Å². The maximum absolute atomic E-state index is 13.5. The second kappa shape index (κ2) is 12.7. The van der Waals surface area contributed by atoms with Crippen molar-refractivity contribution in [2.45, 2.75) is 104 Å². The van der Waals surface area contributed by atoms with Crippen LogP contribution in [0.4, 0.5) is 0 Å². The topological polar surface area (TPSA) is 54.0 Å². The zero-order chi connectivity index (χ0) is 26.4. The number of ketones is 1. The molecule has 0 heterocycles. The number of methoxy groups -OCH3 is 2. The minimum Gasteiger partial charge on any atom is -0.497 e. The predicted molar refractivity (Wildman–Crippen MR) is 145 cm³/mol. The van der Waals surface area contributed by atoms with Gasteiger partial charge in [-0.3, -0.25) is 4.79 Å². The van der Waals surface area contributed by atoms with Crippen molar-refractivity contribution in [2.24, 2.45) is 11.8 Å². The van der Waals surface area contributed by atoms with Gasteiger partial charge in [-0.15, -0.1) is 0 Å². The Morgan fingerprint density at radius 2 is 1.74 bits per heavy atom. The number of ether oxygens (including phenoxy) is 3. The van der Waals surface area contributed by atoms with Crippen LogP contribution in [0.2, 0.25) is 18.1 Å². The number of hydrogen-bond donors (Lipinski definition) is 0. The summed E-state index contributed by atoms with van der Waals surface area (Å²) >= 11 is 0. The Kier molecular flexibility index (Phi) is 10.8. The van der Waals surface area contributed by atoms with Gasteiger partial charge in [0.1, 0.15) is 17.6 Å². The Labute approximate surface area is 214 Å². The Balaban J connectivity index is 2.34. The summed E-state index contributed by atoms with van der Waals surface area (Å²) in [6, 6.07) is 7.88. The molecule has 1 aliphatic rings. The van der Waals surface area contributed by atoms with Gasteiger partial charge in [0.2, 0.25) is 0 Å². The Morgan fingerprint density at radius 1 is 1.11 bits per heavy atom. The van der Waals surface area contributed by atoms with Gasteiger partial charge >= 0.3 is 0 Å². The smallest absolute Gasteiger partial charge is 0.192 e. The van der Waals surface area contributed by atoms with Gasteiger partial charge in [0, 0.05) is 13.5 Å². The van der Waals surface area contributed by atoms with Crippen LogP contribution in [-0.2, 0) is 25.3 Å². The highest BCUT2D eigenvalue weighted by Crippen LogP contribution is 2.41. The normalized spacial score (nSPS) is 24.2. The van der Waals surface area contributed by atoms with Gasteiger partial charge in [-0.05, 0) is 61.5 Å². The third-order valence-corrected chi connectivity index (χ3v) is 12.1. The van der Waals surface area contributed by atoms with E-state index in [9.17, 15) is 4.79 Å². The maximum atomic E-state index is 13.5. The van der Waals surface area contributed by atoms with E-state index in [0.29, 0.717) is 18.9 Å². The minimum absolute atomic E-state index is 0.0304. The molecule has 0 spiro atoms. The molecule has 0 N–H and O–H groups in total.